The maximum Gasteiger partial charge on any atom is 0.263 e. The molecular weight excluding hydrogens is 262 g/mol. The van der Waals surface area contributed by atoms with Crippen LogP contribution in [0.2, 0.25) is 0 Å². The van der Waals surface area contributed by atoms with Crippen LogP contribution in [0.1, 0.15) is 74.0 Å². The van der Waals surface area contributed by atoms with Crippen LogP contribution in [0.25, 0.3) is 0 Å². The highest BCUT2D eigenvalue weighted by Crippen LogP contribution is 2.30. The molecule has 1 aromatic heterocycles. The zero-order valence-electron chi connectivity index (χ0n) is 11.5. The SMILES string of the molecule is CC(C)c1ccc(C(=O)Cl)c(=O)n1C1CCCCC1. The molecule has 0 unspecified atom stereocenters. The molecule has 0 amide bonds. The summed E-state index contributed by atoms with van der Waals surface area (Å²) >= 11 is 5.50. The fourth-order valence-electron chi connectivity index (χ4n) is 2.90. The van der Waals surface area contributed by atoms with E-state index in [1.54, 1.807) is 6.07 Å². The van der Waals surface area contributed by atoms with E-state index in [1.165, 1.54) is 6.42 Å². The Bertz CT molecular complexity index is 527. The van der Waals surface area contributed by atoms with Gasteiger partial charge in [0.05, 0.1) is 5.56 Å². The van der Waals surface area contributed by atoms with Crippen molar-refractivity contribution in [3.63, 3.8) is 0 Å². The number of aromatic nitrogens is 1. The second-order valence-electron chi connectivity index (χ2n) is 5.57. The van der Waals surface area contributed by atoms with Gasteiger partial charge in [0.2, 0.25) is 0 Å². The molecule has 0 radical (unpaired) electrons. The lowest BCUT2D eigenvalue weighted by molar-refractivity contribution is 0.107. The Labute approximate surface area is 118 Å². The summed E-state index contributed by atoms with van der Waals surface area (Å²) in [7, 11) is 0. The van der Waals surface area contributed by atoms with Gasteiger partial charge < -0.3 is 4.57 Å². The van der Waals surface area contributed by atoms with Gasteiger partial charge in [-0.25, -0.2) is 0 Å². The van der Waals surface area contributed by atoms with E-state index in [-0.39, 0.29) is 23.1 Å². The molecule has 1 saturated carbocycles. The molecule has 1 aliphatic rings. The number of pyridine rings is 1. The molecule has 2 rings (SSSR count). The number of carbonyl (C=O) groups excluding carboxylic acids is 1. The van der Waals surface area contributed by atoms with Crippen molar-refractivity contribution < 1.29 is 4.79 Å². The summed E-state index contributed by atoms with van der Waals surface area (Å²) in [5.74, 6) is 0.258. The molecule has 104 valence electrons. The van der Waals surface area contributed by atoms with Gasteiger partial charge in [-0.2, -0.15) is 0 Å². The average molecular weight is 282 g/mol. The Kier molecular flexibility index (Phi) is 4.46. The number of rotatable bonds is 3. The van der Waals surface area contributed by atoms with Crippen molar-refractivity contribution in [1.29, 1.82) is 0 Å². The molecule has 0 aromatic carbocycles. The third kappa shape index (κ3) is 2.92. The fraction of sp³-hybridized carbons (Fsp3) is 0.600. The van der Waals surface area contributed by atoms with Crippen molar-refractivity contribution in [1.82, 2.24) is 4.57 Å². The molecule has 0 N–H and O–H groups in total. The first-order valence-electron chi connectivity index (χ1n) is 6.97. The summed E-state index contributed by atoms with van der Waals surface area (Å²) in [6.45, 7) is 4.13. The minimum Gasteiger partial charge on any atom is -0.309 e. The van der Waals surface area contributed by atoms with Crippen LogP contribution >= 0.6 is 11.6 Å². The summed E-state index contributed by atoms with van der Waals surface area (Å²) in [4.78, 5) is 23.8. The monoisotopic (exact) mass is 281 g/mol. The highest BCUT2D eigenvalue weighted by molar-refractivity contribution is 6.67. The quantitative estimate of drug-likeness (QED) is 0.789. The highest BCUT2D eigenvalue weighted by Gasteiger charge is 2.22. The number of hydrogen-bond acceptors (Lipinski definition) is 2. The van der Waals surface area contributed by atoms with Gasteiger partial charge in [0.1, 0.15) is 0 Å². The van der Waals surface area contributed by atoms with E-state index in [4.69, 9.17) is 11.6 Å². The molecule has 0 saturated heterocycles. The van der Waals surface area contributed by atoms with Gasteiger partial charge in [-0.3, -0.25) is 9.59 Å². The molecule has 1 fully saturated rings. The van der Waals surface area contributed by atoms with Gasteiger partial charge in [0.25, 0.3) is 10.8 Å². The van der Waals surface area contributed by atoms with E-state index in [2.05, 4.69) is 13.8 Å². The van der Waals surface area contributed by atoms with Crippen LogP contribution < -0.4 is 5.56 Å². The van der Waals surface area contributed by atoms with Crippen LogP contribution in [0.15, 0.2) is 16.9 Å². The molecule has 0 bridgehead atoms. The summed E-state index contributed by atoms with van der Waals surface area (Å²) in [5, 5.41) is -0.662. The van der Waals surface area contributed by atoms with E-state index >= 15 is 0 Å². The summed E-state index contributed by atoms with van der Waals surface area (Å²) in [5.41, 5.74) is 0.869. The zero-order chi connectivity index (χ0) is 14.0. The van der Waals surface area contributed by atoms with E-state index in [1.807, 2.05) is 10.6 Å². The van der Waals surface area contributed by atoms with Crippen molar-refractivity contribution in [2.24, 2.45) is 0 Å². The molecule has 1 heterocycles. The Morgan fingerprint density at radius 3 is 2.42 bits per heavy atom. The van der Waals surface area contributed by atoms with E-state index in [0.717, 1.165) is 31.4 Å². The Balaban J connectivity index is 2.56. The minimum absolute atomic E-state index is 0.0941. The second-order valence-corrected chi connectivity index (χ2v) is 5.91. The first kappa shape index (κ1) is 14.3. The van der Waals surface area contributed by atoms with E-state index in [0.29, 0.717) is 0 Å². The lowest BCUT2D eigenvalue weighted by Crippen LogP contribution is -2.32. The van der Waals surface area contributed by atoms with Crippen molar-refractivity contribution in [2.75, 3.05) is 0 Å². The van der Waals surface area contributed by atoms with E-state index < -0.39 is 5.24 Å². The van der Waals surface area contributed by atoms with Crippen LogP contribution in [0, 0.1) is 0 Å². The Hall–Kier alpha value is -1.09. The summed E-state index contributed by atoms with van der Waals surface area (Å²) in [6.07, 6.45) is 5.55. The smallest absolute Gasteiger partial charge is 0.263 e. The lowest BCUT2D eigenvalue weighted by atomic mass is 9.94. The third-order valence-corrected chi connectivity index (χ3v) is 4.09. The van der Waals surface area contributed by atoms with Crippen molar-refractivity contribution in [3.8, 4) is 0 Å². The predicted octanol–water partition coefficient (Wildman–Crippen LogP) is 3.86. The van der Waals surface area contributed by atoms with Gasteiger partial charge in [0.15, 0.2) is 0 Å². The van der Waals surface area contributed by atoms with Crippen molar-refractivity contribution >= 4 is 16.8 Å². The summed E-state index contributed by atoms with van der Waals surface area (Å²) in [6, 6.07) is 3.65. The lowest BCUT2D eigenvalue weighted by Gasteiger charge is -2.28. The van der Waals surface area contributed by atoms with Crippen LogP contribution in [0.4, 0.5) is 0 Å². The topological polar surface area (TPSA) is 39.1 Å². The number of hydrogen-bond donors (Lipinski definition) is 0. The second kappa shape index (κ2) is 5.91. The maximum atomic E-state index is 12.5. The standard InChI is InChI=1S/C15H20ClNO2/c1-10(2)13-9-8-12(14(16)18)15(19)17(13)11-6-4-3-5-7-11/h8-11H,3-7H2,1-2H3. The molecule has 1 aliphatic carbocycles. The van der Waals surface area contributed by atoms with Crippen molar-refractivity contribution in [2.45, 2.75) is 57.9 Å². The van der Waals surface area contributed by atoms with Crippen LogP contribution in [-0.4, -0.2) is 9.81 Å². The van der Waals surface area contributed by atoms with Crippen LogP contribution in [0.5, 0.6) is 0 Å². The van der Waals surface area contributed by atoms with Gasteiger partial charge in [-0.1, -0.05) is 33.1 Å². The average Bonchev–Trinajstić information content (AvgIpc) is 2.38. The van der Waals surface area contributed by atoms with Crippen molar-refractivity contribution in [3.05, 3.63) is 33.7 Å². The molecule has 0 atom stereocenters. The molecular formula is C15H20ClNO2. The Morgan fingerprint density at radius 1 is 1.26 bits per heavy atom. The molecule has 19 heavy (non-hydrogen) atoms. The first-order chi connectivity index (χ1) is 9.02. The number of carbonyl (C=O) groups is 1. The molecule has 0 aliphatic heterocycles. The minimum atomic E-state index is -0.662. The Morgan fingerprint density at radius 2 is 1.89 bits per heavy atom. The molecule has 4 heteroatoms. The van der Waals surface area contributed by atoms with Gasteiger partial charge in [-0.15, -0.1) is 0 Å². The molecule has 0 spiro atoms. The van der Waals surface area contributed by atoms with Crippen LogP contribution in [0.3, 0.4) is 0 Å². The third-order valence-electron chi connectivity index (χ3n) is 3.89. The predicted molar refractivity (Wildman–Crippen MR) is 77.1 cm³/mol. The summed E-state index contributed by atoms with van der Waals surface area (Å²) < 4.78 is 1.82. The first-order valence-corrected chi connectivity index (χ1v) is 7.35. The largest absolute Gasteiger partial charge is 0.309 e. The van der Waals surface area contributed by atoms with Gasteiger partial charge in [0, 0.05) is 11.7 Å². The fourth-order valence-corrected chi connectivity index (χ4v) is 3.05. The van der Waals surface area contributed by atoms with E-state index in [9.17, 15) is 9.59 Å². The number of halogens is 1. The molecule has 3 nitrogen and oxygen atoms in total. The normalized spacial score (nSPS) is 16.8. The highest BCUT2D eigenvalue weighted by atomic mass is 35.5. The van der Waals surface area contributed by atoms with Gasteiger partial charge >= 0.3 is 0 Å². The number of nitrogens with zero attached hydrogens (tertiary/aromatic N) is 1. The van der Waals surface area contributed by atoms with Crippen LogP contribution in [-0.2, 0) is 0 Å². The maximum absolute atomic E-state index is 12.5. The molecule has 1 aromatic rings. The van der Waals surface area contributed by atoms with Gasteiger partial charge in [-0.05, 0) is 42.5 Å². The zero-order valence-corrected chi connectivity index (χ0v) is 12.2.